The molecule has 0 aliphatic carbocycles. The quantitative estimate of drug-likeness (QED) is 0.845. The smallest absolute Gasteiger partial charge is 0.339 e. The second-order valence-electron chi connectivity index (χ2n) is 4.06. The Kier molecular flexibility index (Phi) is 4.06. The molecule has 0 atom stereocenters. The molecule has 100 valence electrons. The highest BCUT2D eigenvalue weighted by Gasteiger charge is 2.11. The highest BCUT2D eigenvalue weighted by Crippen LogP contribution is 2.22. The van der Waals surface area contributed by atoms with Crippen LogP contribution in [0, 0.1) is 6.92 Å². The lowest BCUT2D eigenvalue weighted by Crippen LogP contribution is -2.05. The maximum absolute atomic E-state index is 11.5. The van der Waals surface area contributed by atoms with Crippen molar-refractivity contribution in [2.24, 2.45) is 0 Å². The molecule has 0 spiro atoms. The first kappa shape index (κ1) is 13.4. The van der Waals surface area contributed by atoms with E-state index in [4.69, 9.17) is 11.6 Å². The Bertz CT molecular complexity index is 595. The molecule has 0 aliphatic rings. The molecule has 1 aromatic carbocycles. The van der Waals surface area contributed by atoms with Crippen LogP contribution in [0.1, 0.15) is 21.6 Å². The van der Waals surface area contributed by atoms with E-state index in [1.807, 2.05) is 13.0 Å². The number of methoxy groups -OCH3 is 1. The van der Waals surface area contributed by atoms with Gasteiger partial charge in [0, 0.05) is 23.5 Å². The van der Waals surface area contributed by atoms with Gasteiger partial charge in [-0.25, -0.2) is 4.79 Å². The number of hydrogen-bond donors (Lipinski definition) is 2. The molecular formula is C13H14ClN3O2. The van der Waals surface area contributed by atoms with E-state index in [9.17, 15) is 4.79 Å². The molecule has 6 heteroatoms. The molecule has 0 saturated carbocycles. The minimum atomic E-state index is -0.451. The van der Waals surface area contributed by atoms with E-state index in [-0.39, 0.29) is 0 Å². The first-order valence-electron chi connectivity index (χ1n) is 5.72. The van der Waals surface area contributed by atoms with Crippen LogP contribution in [0.15, 0.2) is 24.4 Å². The number of aryl methyl sites for hydroxylation is 1. The fourth-order valence-corrected chi connectivity index (χ4v) is 1.85. The van der Waals surface area contributed by atoms with Gasteiger partial charge in [0.15, 0.2) is 0 Å². The lowest BCUT2D eigenvalue weighted by molar-refractivity contribution is 0.0601. The average Bonchev–Trinajstić information content (AvgIpc) is 2.82. The van der Waals surface area contributed by atoms with Gasteiger partial charge in [-0.3, -0.25) is 5.10 Å². The monoisotopic (exact) mass is 279 g/mol. The van der Waals surface area contributed by atoms with Gasteiger partial charge in [0.1, 0.15) is 0 Å². The molecule has 0 radical (unpaired) electrons. The molecule has 0 saturated heterocycles. The number of H-pyrrole nitrogens is 1. The van der Waals surface area contributed by atoms with Crippen LogP contribution in [0.2, 0.25) is 5.02 Å². The Balaban J connectivity index is 2.13. The summed E-state index contributed by atoms with van der Waals surface area (Å²) in [5.41, 5.74) is 3.22. The van der Waals surface area contributed by atoms with E-state index in [1.54, 1.807) is 18.3 Å². The van der Waals surface area contributed by atoms with Crippen molar-refractivity contribution in [3.63, 3.8) is 0 Å². The zero-order chi connectivity index (χ0) is 13.8. The van der Waals surface area contributed by atoms with Gasteiger partial charge in [-0.1, -0.05) is 11.6 Å². The van der Waals surface area contributed by atoms with Crippen LogP contribution in [0.3, 0.4) is 0 Å². The summed E-state index contributed by atoms with van der Waals surface area (Å²) in [6.07, 6.45) is 1.76. The molecule has 1 aromatic heterocycles. The Morgan fingerprint density at radius 3 is 2.95 bits per heavy atom. The lowest BCUT2D eigenvalue weighted by Gasteiger charge is -2.08. The normalized spacial score (nSPS) is 10.3. The summed E-state index contributed by atoms with van der Waals surface area (Å²) < 4.78 is 4.68. The summed E-state index contributed by atoms with van der Waals surface area (Å²) in [5.74, 6) is -0.451. The first-order chi connectivity index (χ1) is 9.11. The second kappa shape index (κ2) is 5.75. The summed E-state index contributed by atoms with van der Waals surface area (Å²) in [7, 11) is 1.33. The van der Waals surface area contributed by atoms with E-state index in [0.29, 0.717) is 17.1 Å². The molecule has 1 heterocycles. The molecule has 19 heavy (non-hydrogen) atoms. The van der Waals surface area contributed by atoms with Crippen LogP contribution < -0.4 is 5.32 Å². The number of carbonyl (C=O) groups is 1. The highest BCUT2D eigenvalue weighted by molar-refractivity contribution is 6.33. The van der Waals surface area contributed by atoms with Crippen molar-refractivity contribution >= 4 is 23.3 Å². The van der Waals surface area contributed by atoms with Crippen molar-refractivity contribution in [3.8, 4) is 0 Å². The number of esters is 1. The average molecular weight is 280 g/mol. The van der Waals surface area contributed by atoms with Gasteiger partial charge >= 0.3 is 5.97 Å². The van der Waals surface area contributed by atoms with Crippen LogP contribution in [0.25, 0.3) is 0 Å². The zero-order valence-electron chi connectivity index (χ0n) is 10.7. The SMILES string of the molecule is COC(=O)c1cc(NCc2cn[nH]c2C)ccc1Cl. The standard InChI is InChI=1S/C13H14ClN3O2/c1-8-9(7-16-17-8)6-15-10-3-4-12(14)11(5-10)13(18)19-2/h3-5,7,15H,6H2,1-2H3,(H,16,17). The van der Waals surface area contributed by atoms with Gasteiger partial charge in [0.2, 0.25) is 0 Å². The molecule has 0 aliphatic heterocycles. The summed E-state index contributed by atoms with van der Waals surface area (Å²) >= 11 is 5.95. The van der Waals surface area contributed by atoms with Gasteiger partial charge in [-0.05, 0) is 25.1 Å². The largest absolute Gasteiger partial charge is 0.465 e. The maximum atomic E-state index is 11.5. The van der Waals surface area contributed by atoms with E-state index in [1.165, 1.54) is 7.11 Å². The predicted molar refractivity (Wildman–Crippen MR) is 73.4 cm³/mol. The fraction of sp³-hybridized carbons (Fsp3) is 0.231. The van der Waals surface area contributed by atoms with Crippen LogP contribution in [0.5, 0.6) is 0 Å². The fourth-order valence-electron chi connectivity index (χ4n) is 1.65. The Hall–Kier alpha value is -2.01. The summed E-state index contributed by atoms with van der Waals surface area (Å²) in [5, 5.41) is 10.4. The van der Waals surface area contributed by atoms with Gasteiger partial charge in [-0.15, -0.1) is 0 Å². The molecule has 0 fully saturated rings. The minimum absolute atomic E-state index is 0.345. The summed E-state index contributed by atoms with van der Waals surface area (Å²) in [6.45, 7) is 2.57. The van der Waals surface area contributed by atoms with E-state index in [2.05, 4.69) is 20.3 Å². The zero-order valence-corrected chi connectivity index (χ0v) is 11.4. The van der Waals surface area contributed by atoms with Gasteiger partial charge in [0.25, 0.3) is 0 Å². The molecule has 0 bridgehead atoms. The van der Waals surface area contributed by atoms with Gasteiger partial charge in [0.05, 0.1) is 23.9 Å². The summed E-state index contributed by atoms with van der Waals surface area (Å²) in [4.78, 5) is 11.5. The number of aromatic amines is 1. The number of hydrogen-bond acceptors (Lipinski definition) is 4. The van der Waals surface area contributed by atoms with Crippen molar-refractivity contribution < 1.29 is 9.53 Å². The van der Waals surface area contributed by atoms with Gasteiger partial charge in [-0.2, -0.15) is 5.10 Å². The molecule has 0 amide bonds. The summed E-state index contributed by atoms with van der Waals surface area (Å²) in [6, 6.07) is 5.14. The van der Waals surface area contributed by atoms with Crippen LogP contribution >= 0.6 is 11.6 Å². The third-order valence-electron chi connectivity index (χ3n) is 2.79. The highest BCUT2D eigenvalue weighted by atomic mass is 35.5. The molecule has 2 rings (SSSR count). The van der Waals surface area contributed by atoms with Crippen molar-refractivity contribution in [1.29, 1.82) is 0 Å². The van der Waals surface area contributed by atoms with Crippen LogP contribution in [-0.4, -0.2) is 23.3 Å². The number of carbonyl (C=O) groups excluding carboxylic acids is 1. The maximum Gasteiger partial charge on any atom is 0.339 e. The van der Waals surface area contributed by atoms with E-state index in [0.717, 1.165) is 16.9 Å². The topological polar surface area (TPSA) is 67.0 Å². The molecule has 2 N–H and O–H groups in total. The number of benzene rings is 1. The number of ether oxygens (including phenoxy) is 1. The second-order valence-corrected chi connectivity index (χ2v) is 4.47. The third kappa shape index (κ3) is 3.06. The van der Waals surface area contributed by atoms with Crippen LogP contribution in [0.4, 0.5) is 5.69 Å². The lowest BCUT2D eigenvalue weighted by atomic mass is 10.2. The number of anilines is 1. The van der Waals surface area contributed by atoms with Crippen LogP contribution in [-0.2, 0) is 11.3 Å². The van der Waals surface area contributed by atoms with Crippen molar-refractivity contribution in [2.75, 3.05) is 12.4 Å². The number of halogens is 1. The molecular weight excluding hydrogens is 266 g/mol. The number of rotatable bonds is 4. The van der Waals surface area contributed by atoms with Crippen molar-refractivity contribution in [3.05, 3.63) is 46.2 Å². The number of aromatic nitrogens is 2. The Morgan fingerprint density at radius 2 is 2.32 bits per heavy atom. The van der Waals surface area contributed by atoms with Gasteiger partial charge < -0.3 is 10.1 Å². The Labute approximate surface area is 115 Å². The first-order valence-corrected chi connectivity index (χ1v) is 6.10. The third-order valence-corrected chi connectivity index (χ3v) is 3.12. The number of nitrogens with zero attached hydrogens (tertiary/aromatic N) is 1. The van der Waals surface area contributed by atoms with E-state index >= 15 is 0 Å². The van der Waals surface area contributed by atoms with Crippen molar-refractivity contribution in [2.45, 2.75) is 13.5 Å². The molecule has 2 aromatic rings. The Morgan fingerprint density at radius 1 is 1.53 bits per heavy atom. The van der Waals surface area contributed by atoms with E-state index < -0.39 is 5.97 Å². The minimum Gasteiger partial charge on any atom is -0.465 e. The molecule has 5 nitrogen and oxygen atoms in total. The predicted octanol–water partition coefficient (Wildman–Crippen LogP) is 2.77. The number of nitrogens with one attached hydrogen (secondary N) is 2. The van der Waals surface area contributed by atoms with Crippen molar-refractivity contribution in [1.82, 2.24) is 10.2 Å². The molecule has 0 unspecified atom stereocenters.